The molecule has 1 aromatic carbocycles. The van der Waals surface area contributed by atoms with E-state index in [1.165, 1.54) is 0 Å². The summed E-state index contributed by atoms with van der Waals surface area (Å²) in [5.74, 6) is -0.185. The van der Waals surface area contributed by atoms with Gasteiger partial charge in [-0.05, 0) is 18.2 Å². The van der Waals surface area contributed by atoms with Gasteiger partial charge in [-0.3, -0.25) is 9.59 Å². The molecule has 0 saturated carbocycles. The fraction of sp³-hybridized carbons (Fsp3) is 0. The molecular weight excluding hydrogens is 276 g/mol. The molecule has 0 bridgehead atoms. The number of nitrogens with one attached hydrogen (secondary N) is 2. The van der Waals surface area contributed by atoms with Crippen LogP contribution in [-0.2, 0) is 4.79 Å². The Morgan fingerprint density at radius 3 is 2.45 bits per heavy atom. The lowest BCUT2D eigenvalue weighted by atomic mass is 10.0. The van der Waals surface area contributed by atoms with Gasteiger partial charge in [-0.2, -0.15) is 0 Å². The molecule has 2 heterocycles. The first kappa shape index (κ1) is 12.6. The monoisotopic (exact) mass is 288 g/mol. The molecule has 0 saturated heterocycles. The van der Waals surface area contributed by atoms with E-state index in [1.54, 1.807) is 6.08 Å². The summed E-state index contributed by atoms with van der Waals surface area (Å²) in [5.41, 5.74) is 3.99. The van der Waals surface area contributed by atoms with Crippen molar-refractivity contribution in [2.75, 3.05) is 5.32 Å². The normalized spacial score (nSPS) is 15.1. The molecule has 4 heteroatoms. The van der Waals surface area contributed by atoms with Crippen LogP contribution in [0.1, 0.15) is 11.1 Å². The average Bonchev–Trinajstić information content (AvgIpc) is 2.86. The predicted octanol–water partition coefficient (Wildman–Crippen LogP) is 2.97. The number of aromatic nitrogens is 1. The van der Waals surface area contributed by atoms with Crippen LogP contribution in [0.5, 0.6) is 0 Å². The van der Waals surface area contributed by atoms with Crippen LogP contribution in [0.4, 0.5) is 5.69 Å². The standard InChI is InChI=1S/C18H12N2O2/c21-17-13(11-6-2-1-3-8-15(11)19-17)10-14-12-7-4-5-9-16(12)20-18(14)22/h1-10H,(H,19,21)(H,20,22)/b14-10+. The van der Waals surface area contributed by atoms with Gasteiger partial charge in [0.15, 0.2) is 0 Å². The second-order valence-electron chi connectivity index (χ2n) is 5.16. The molecule has 4 rings (SSSR count). The van der Waals surface area contributed by atoms with E-state index in [2.05, 4.69) is 10.3 Å². The predicted molar refractivity (Wildman–Crippen MR) is 86.6 cm³/mol. The molecule has 0 aromatic heterocycles. The van der Waals surface area contributed by atoms with Crippen LogP contribution in [0.25, 0.3) is 22.9 Å². The molecule has 0 fully saturated rings. The van der Waals surface area contributed by atoms with Crippen molar-refractivity contribution in [2.45, 2.75) is 0 Å². The maximum atomic E-state index is 12.2. The topological polar surface area (TPSA) is 62.0 Å². The summed E-state index contributed by atoms with van der Waals surface area (Å²) in [5, 5.41) is 2.81. The Labute approximate surface area is 126 Å². The summed E-state index contributed by atoms with van der Waals surface area (Å²) in [6.45, 7) is 0. The summed E-state index contributed by atoms with van der Waals surface area (Å²) in [7, 11) is 0. The van der Waals surface area contributed by atoms with Gasteiger partial charge in [-0.1, -0.05) is 42.5 Å². The Hall–Kier alpha value is -3.14. The highest BCUT2D eigenvalue weighted by molar-refractivity contribution is 6.35. The smallest absolute Gasteiger partial charge is 0.256 e. The summed E-state index contributed by atoms with van der Waals surface area (Å²) in [6.07, 6.45) is 1.67. The second-order valence-corrected chi connectivity index (χ2v) is 5.16. The first-order valence-electron chi connectivity index (χ1n) is 6.97. The van der Waals surface area contributed by atoms with Crippen LogP contribution in [0.15, 0.2) is 59.4 Å². The highest BCUT2D eigenvalue weighted by Crippen LogP contribution is 2.33. The van der Waals surface area contributed by atoms with Gasteiger partial charge in [0.2, 0.25) is 0 Å². The summed E-state index contributed by atoms with van der Waals surface area (Å²) >= 11 is 0. The summed E-state index contributed by atoms with van der Waals surface area (Å²) in [4.78, 5) is 27.2. The van der Waals surface area contributed by atoms with E-state index in [1.807, 2.05) is 54.6 Å². The Bertz CT molecular complexity index is 953. The van der Waals surface area contributed by atoms with Crippen molar-refractivity contribution in [1.82, 2.24) is 4.98 Å². The zero-order chi connectivity index (χ0) is 15.1. The lowest BCUT2D eigenvalue weighted by Gasteiger charge is -1.97. The number of para-hydroxylation sites is 1. The Morgan fingerprint density at radius 2 is 1.55 bits per heavy atom. The lowest BCUT2D eigenvalue weighted by molar-refractivity contribution is -0.110. The number of carbonyl (C=O) groups is 1. The summed E-state index contributed by atoms with van der Waals surface area (Å²) < 4.78 is 0. The van der Waals surface area contributed by atoms with Crippen molar-refractivity contribution >= 4 is 23.2 Å². The molecule has 4 nitrogen and oxygen atoms in total. The van der Waals surface area contributed by atoms with Gasteiger partial charge in [0.05, 0.1) is 0 Å². The molecule has 1 aliphatic carbocycles. The fourth-order valence-corrected chi connectivity index (χ4v) is 2.77. The lowest BCUT2D eigenvalue weighted by Crippen LogP contribution is -2.05. The molecule has 0 atom stereocenters. The number of aromatic amines is 1. The Kier molecular flexibility index (Phi) is 2.69. The van der Waals surface area contributed by atoms with Gasteiger partial charge >= 0.3 is 0 Å². The number of H-pyrrole nitrogens is 1. The number of amides is 1. The molecule has 2 N–H and O–H groups in total. The van der Waals surface area contributed by atoms with Crippen LogP contribution < -0.4 is 10.9 Å². The van der Waals surface area contributed by atoms with E-state index in [-0.39, 0.29) is 11.5 Å². The molecule has 2 aliphatic heterocycles. The third-order valence-electron chi connectivity index (χ3n) is 3.82. The van der Waals surface area contributed by atoms with Gasteiger partial charge in [0.1, 0.15) is 0 Å². The van der Waals surface area contributed by atoms with E-state index < -0.39 is 0 Å². The van der Waals surface area contributed by atoms with E-state index in [0.29, 0.717) is 11.1 Å². The van der Waals surface area contributed by atoms with Crippen molar-refractivity contribution < 1.29 is 4.79 Å². The Balaban J connectivity index is 1.94. The van der Waals surface area contributed by atoms with Gasteiger partial charge in [0.25, 0.3) is 11.5 Å². The van der Waals surface area contributed by atoms with Crippen molar-refractivity contribution in [3.05, 3.63) is 76.1 Å². The van der Waals surface area contributed by atoms with Gasteiger partial charge in [-0.15, -0.1) is 0 Å². The number of hydrogen-bond acceptors (Lipinski definition) is 2. The first-order valence-corrected chi connectivity index (χ1v) is 6.97. The van der Waals surface area contributed by atoms with Gasteiger partial charge in [-0.25, -0.2) is 0 Å². The van der Waals surface area contributed by atoms with Crippen LogP contribution in [0.3, 0.4) is 0 Å². The van der Waals surface area contributed by atoms with Crippen molar-refractivity contribution in [3.8, 4) is 11.3 Å². The highest BCUT2D eigenvalue weighted by Gasteiger charge is 2.24. The largest absolute Gasteiger partial charge is 0.321 e. The molecule has 106 valence electrons. The van der Waals surface area contributed by atoms with Crippen LogP contribution in [-0.4, -0.2) is 10.9 Å². The number of carbonyl (C=O) groups excluding carboxylic acids is 1. The van der Waals surface area contributed by atoms with E-state index in [9.17, 15) is 9.59 Å². The fourth-order valence-electron chi connectivity index (χ4n) is 2.77. The van der Waals surface area contributed by atoms with E-state index >= 15 is 0 Å². The molecule has 1 aromatic rings. The number of fused-ring (bicyclic) bond motifs is 2. The molecule has 0 spiro atoms. The first-order chi connectivity index (χ1) is 10.7. The van der Waals surface area contributed by atoms with Crippen molar-refractivity contribution in [3.63, 3.8) is 0 Å². The number of anilines is 1. The van der Waals surface area contributed by atoms with E-state index in [4.69, 9.17) is 0 Å². The zero-order valence-electron chi connectivity index (χ0n) is 11.6. The second kappa shape index (κ2) is 4.70. The molecular formula is C18H12N2O2. The SMILES string of the molecule is O=C1Nc2ccccc2/C1=C\c1c2cccccc-2[nH]c1=O. The van der Waals surface area contributed by atoms with Crippen LogP contribution >= 0.6 is 0 Å². The molecule has 22 heavy (non-hydrogen) atoms. The van der Waals surface area contributed by atoms with Crippen LogP contribution in [0.2, 0.25) is 0 Å². The maximum Gasteiger partial charge on any atom is 0.256 e. The number of hydrogen-bond donors (Lipinski definition) is 2. The van der Waals surface area contributed by atoms with Gasteiger partial charge < -0.3 is 10.3 Å². The average molecular weight is 288 g/mol. The van der Waals surface area contributed by atoms with E-state index in [0.717, 1.165) is 22.5 Å². The minimum atomic E-state index is -0.189. The summed E-state index contributed by atoms with van der Waals surface area (Å²) in [6, 6.07) is 16.8. The third kappa shape index (κ3) is 1.85. The minimum Gasteiger partial charge on any atom is -0.321 e. The minimum absolute atomic E-state index is 0.185. The maximum absolute atomic E-state index is 12.2. The molecule has 0 unspecified atom stereocenters. The van der Waals surface area contributed by atoms with Crippen molar-refractivity contribution in [1.29, 1.82) is 0 Å². The van der Waals surface area contributed by atoms with Crippen LogP contribution in [0, 0.1) is 0 Å². The quantitative estimate of drug-likeness (QED) is 0.676. The van der Waals surface area contributed by atoms with Gasteiger partial charge in [0, 0.05) is 33.6 Å². The van der Waals surface area contributed by atoms with Crippen molar-refractivity contribution in [2.24, 2.45) is 0 Å². The highest BCUT2D eigenvalue weighted by atomic mass is 16.2. The number of rotatable bonds is 1. The molecule has 1 amide bonds. The molecule has 0 radical (unpaired) electrons. The molecule has 3 aliphatic rings. The third-order valence-corrected chi connectivity index (χ3v) is 3.82. The Morgan fingerprint density at radius 1 is 0.818 bits per heavy atom. The number of benzene rings is 1. The zero-order valence-corrected chi connectivity index (χ0v) is 11.6.